The van der Waals surface area contributed by atoms with Crippen molar-refractivity contribution in [3.8, 4) is 11.5 Å². The average Bonchev–Trinajstić information content (AvgIpc) is 3.11. The number of benzene rings is 2. The lowest BCUT2D eigenvalue weighted by Gasteiger charge is -2.31. The first-order valence-corrected chi connectivity index (χ1v) is 9.55. The molecule has 0 fully saturated rings. The fourth-order valence-electron chi connectivity index (χ4n) is 4.04. The van der Waals surface area contributed by atoms with Gasteiger partial charge in [-0.2, -0.15) is 0 Å². The molecule has 0 saturated carbocycles. The molecule has 0 bridgehead atoms. The molecule has 1 aliphatic heterocycles. The number of fused-ring (bicyclic) bond motifs is 1. The van der Waals surface area contributed by atoms with Gasteiger partial charge in [0.2, 0.25) is 0 Å². The second-order valence-corrected chi connectivity index (χ2v) is 7.09. The predicted octanol–water partition coefficient (Wildman–Crippen LogP) is 4.64. The molecule has 0 radical (unpaired) electrons. The zero-order valence-corrected chi connectivity index (χ0v) is 16.3. The van der Waals surface area contributed by atoms with Crippen molar-refractivity contribution in [2.45, 2.75) is 25.6 Å². The standard InChI is InChI=1S/C23H25FN2O2/c1-27-19-10-11-22(28-2)20(15-19)23-21-5-3-12-25(21)13-4-14-26(23)16-17-6-8-18(24)9-7-17/h3,5-12,15,23H,4,13-14,16H2,1-2H3. The van der Waals surface area contributed by atoms with Crippen LogP contribution in [-0.2, 0) is 13.1 Å². The van der Waals surface area contributed by atoms with E-state index in [9.17, 15) is 4.39 Å². The summed E-state index contributed by atoms with van der Waals surface area (Å²) in [4.78, 5) is 2.43. The van der Waals surface area contributed by atoms with Crippen LogP contribution < -0.4 is 9.47 Å². The highest BCUT2D eigenvalue weighted by Crippen LogP contribution is 2.39. The fourth-order valence-corrected chi connectivity index (χ4v) is 4.04. The molecule has 2 aromatic carbocycles. The van der Waals surface area contributed by atoms with Crippen molar-refractivity contribution in [1.29, 1.82) is 0 Å². The molecule has 2 heterocycles. The molecule has 28 heavy (non-hydrogen) atoms. The normalized spacial score (nSPS) is 17.0. The van der Waals surface area contributed by atoms with Crippen LogP contribution in [0.2, 0.25) is 0 Å². The summed E-state index contributed by atoms with van der Waals surface area (Å²) >= 11 is 0. The van der Waals surface area contributed by atoms with Gasteiger partial charge in [0.15, 0.2) is 0 Å². The number of halogens is 1. The van der Waals surface area contributed by atoms with Crippen molar-refractivity contribution in [3.63, 3.8) is 0 Å². The van der Waals surface area contributed by atoms with Gasteiger partial charge in [0.05, 0.1) is 20.3 Å². The first-order chi connectivity index (χ1) is 13.7. The Morgan fingerprint density at radius 3 is 2.57 bits per heavy atom. The topological polar surface area (TPSA) is 26.6 Å². The number of ether oxygens (including phenoxy) is 2. The quantitative estimate of drug-likeness (QED) is 0.645. The summed E-state index contributed by atoms with van der Waals surface area (Å²) in [6.45, 7) is 2.64. The van der Waals surface area contributed by atoms with E-state index in [-0.39, 0.29) is 11.9 Å². The third-order valence-electron chi connectivity index (χ3n) is 5.38. The Morgan fingerprint density at radius 1 is 1.00 bits per heavy atom. The second kappa shape index (κ2) is 8.07. The van der Waals surface area contributed by atoms with Crippen LogP contribution in [0.25, 0.3) is 0 Å². The van der Waals surface area contributed by atoms with Crippen molar-refractivity contribution in [1.82, 2.24) is 9.47 Å². The lowest BCUT2D eigenvalue weighted by atomic mass is 9.99. The average molecular weight is 380 g/mol. The van der Waals surface area contributed by atoms with Gasteiger partial charge in [0, 0.05) is 37.1 Å². The molecule has 0 N–H and O–H groups in total. The molecule has 146 valence electrons. The molecule has 1 aliphatic rings. The predicted molar refractivity (Wildman–Crippen MR) is 107 cm³/mol. The van der Waals surface area contributed by atoms with Crippen LogP contribution in [0.3, 0.4) is 0 Å². The van der Waals surface area contributed by atoms with E-state index in [0.717, 1.165) is 48.7 Å². The lowest BCUT2D eigenvalue weighted by Crippen LogP contribution is -2.29. The fraction of sp³-hybridized carbons (Fsp3) is 0.304. The summed E-state index contributed by atoms with van der Waals surface area (Å²) in [7, 11) is 3.38. The van der Waals surface area contributed by atoms with E-state index in [2.05, 4.69) is 33.9 Å². The van der Waals surface area contributed by atoms with Gasteiger partial charge in [-0.3, -0.25) is 4.90 Å². The summed E-state index contributed by atoms with van der Waals surface area (Å²) in [5.41, 5.74) is 3.39. The highest BCUT2D eigenvalue weighted by atomic mass is 19.1. The maximum Gasteiger partial charge on any atom is 0.124 e. The van der Waals surface area contributed by atoms with E-state index in [0.29, 0.717) is 0 Å². The number of hydrogen-bond donors (Lipinski definition) is 0. The molecule has 0 spiro atoms. The van der Waals surface area contributed by atoms with E-state index in [1.807, 2.05) is 24.3 Å². The van der Waals surface area contributed by atoms with Crippen molar-refractivity contribution in [2.24, 2.45) is 0 Å². The Balaban J connectivity index is 1.80. The van der Waals surface area contributed by atoms with Gasteiger partial charge in [-0.05, 0) is 54.4 Å². The van der Waals surface area contributed by atoms with Gasteiger partial charge in [-0.25, -0.2) is 4.39 Å². The largest absolute Gasteiger partial charge is 0.497 e. The number of rotatable bonds is 5. The SMILES string of the molecule is COc1ccc(OC)c(C2c3cccn3CCCN2Cc2ccc(F)cc2)c1. The lowest BCUT2D eigenvalue weighted by molar-refractivity contribution is 0.216. The van der Waals surface area contributed by atoms with Crippen LogP contribution in [0.15, 0.2) is 60.8 Å². The minimum absolute atomic E-state index is 0.0209. The van der Waals surface area contributed by atoms with Crippen LogP contribution in [0.5, 0.6) is 11.5 Å². The molecule has 1 atom stereocenters. The van der Waals surface area contributed by atoms with E-state index in [1.165, 1.54) is 17.8 Å². The molecule has 0 aliphatic carbocycles. The van der Waals surface area contributed by atoms with Crippen molar-refractivity contribution in [3.05, 3.63) is 83.4 Å². The van der Waals surface area contributed by atoms with E-state index < -0.39 is 0 Å². The number of methoxy groups -OCH3 is 2. The third-order valence-corrected chi connectivity index (χ3v) is 5.38. The van der Waals surface area contributed by atoms with Crippen molar-refractivity contribution < 1.29 is 13.9 Å². The van der Waals surface area contributed by atoms with Crippen molar-refractivity contribution >= 4 is 0 Å². The molecule has 5 heteroatoms. The van der Waals surface area contributed by atoms with E-state index in [1.54, 1.807) is 14.2 Å². The Bertz CT molecular complexity index is 936. The molecule has 4 nitrogen and oxygen atoms in total. The van der Waals surface area contributed by atoms with E-state index in [4.69, 9.17) is 9.47 Å². The Morgan fingerprint density at radius 2 is 1.82 bits per heavy atom. The maximum absolute atomic E-state index is 13.4. The summed E-state index contributed by atoms with van der Waals surface area (Å²) in [6, 6.07) is 17.0. The monoisotopic (exact) mass is 380 g/mol. The zero-order chi connectivity index (χ0) is 19.5. The smallest absolute Gasteiger partial charge is 0.124 e. The van der Waals surface area contributed by atoms with Gasteiger partial charge in [0.25, 0.3) is 0 Å². The molecule has 1 unspecified atom stereocenters. The molecular weight excluding hydrogens is 355 g/mol. The second-order valence-electron chi connectivity index (χ2n) is 7.09. The van der Waals surface area contributed by atoms with Crippen LogP contribution in [0.1, 0.15) is 29.3 Å². The third kappa shape index (κ3) is 3.62. The summed E-state index contributed by atoms with van der Waals surface area (Å²) in [5, 5.41) is 0. The van der Waals surface area contributed by atoms with Crippen LogP contribution in [0.4, 0.5) is 4.39 Å². The molecular formula is C23H25FN2O2. The minimum atomic E-state index is -0.209. The van der Waals surface area contributed by atoms with Crippen molar-refractivity contribution in [2.75, 3.05) is 20.8 Å². The Kier molecular flexibility index (Phi) is 5.35. The maximum atomic E-state index is 13.4. The van der Waals surface area contributed by atoms with Gasteiger partial charge in [-0.15, -0.1) is 0 Å². The van der Waals surface area contributed by atoms with Crippen LogP contribution in [-0.4, -0.2) is 30.2 Å². The Hall–Kier alpha value is -2.79. The molecule has 0 amide bonds. The number of hydrogen-bond acceptors (Lipinski definition) is 3. The molecule has 3 aromatic rings. The molecule has 0 saturated heterocycles. The number of aryl methyl sites for hydroxylation is 1. The minimum Gasteiger partial charge on any atom is -0.497 e. The molecule has 4 rings (SSSR count). The first-order valence-electron chi connectivity index (χ1n) is 9.55. The van der Waals surface area contributed by atoms with Crippen LogP contribution in [0, 0.1) is 5.82 Å². The Labute approximate surface area is 165 Å². The summed E-state index contributed by atoms with van der Waals surface area (Å²) in [5.74, 6) is 1.43. The highest BCUT2D eigenvalue weighted by molar-refractivity contribution is 5.45. The van der Waals surface area contributed by atoms with Gasteiger partial charge < -0.3 is 14.0 Å². The molecule has 1 aromatic heterocycles. The van der Waals surface area contributed by atoms with E-state index >= 15 is 0 Å². The van der Waals surface area contributed by atoms with Gasteiger partial charge >= 0.3 is 0 Å². The van der Waals surface area contributed by atoms with Crippen LogP contribution >= 0.6 is 0 Å². The number of nitrogens with zero attached hydrogens (tertiary/aromatic N) is 2. The summed E-state index contributed by atoms with van der Waals surface area (Å²) in [6.07, 6.45) is 3.18. The van der Waals surface area contributed by atoms with Gasteiger partial charge in [-0.1, -0.05) is 12.1 Å². The highest BCUT2D eigenvalue weighted by Gasteiger charge is 2.30. The number of aromatic nitrogens is 1. The van der Waals surface area contributed by atoms with Gasteiger partial charge in [0.1, 0.15) is 17.3 Å². The summed E-state index contributed by atoms with van der Waals surface area (Å²) < 4.78 is 26.9. The first kappa shape index (κ1) is 18.6. The zero-order valence-electron chi connectivity index (χ0n) is 16.3.